The average Bonchev–Trinajstić information content (AvgIpc) is 3.38. The zero-order valence-corrected chi connectivity index (χ0v) is 14.7. The summed E-state index contributed by atoms with van der Waals surface area (Å²) in [5, 5.41) is 9.74. The number of aromatic nitrogens is 4. The van der Waals surface area contributed by atoms with E-state index in [4.69, 9.17) is 0 Å². The maximum atomic E-state index is 12.5. The molecule has 2 unspecified atom stereocenters. The van der Waals surface area contributed by atoms with Gasteiger partial charge in [-0.25, -0.2) is 10.9 Å². The van der Waals surface area contributed by atoms with Gasteiger partial charge < -0.3 is 0 Å². The highest BCUT2D eigenvalue weighted by Gasteiger charge is 2.30. The Morgan fingerprint density at radius 3 is 2.81 bits per heavy atom. The number of carbonyl (C=O) groups is 1. The molecule has 2 atom stereocenters. The van der Waals surface area contributed by atoms with Crippen molar-refractivity contribution in [3.8, 4) is 0 Å². The summed E-state index contributed by atoms with van der Waals surface area (Å²) >= 11 is 0. The maximum Gasteiger partial charge on any atom is 0.248 e. The number of carbonyl (C=O) groups excluding carboxylic acids is 1. The summed E-state index contributed by atoms with van der Waals surface area (Å²) in [5.74, 6) is 0.886. The number of anilines is 1. The van der Waals surface area contributed by atoms with Crippen molar-refractivity contribution in [2.75, 3.05) is 5.32 Å². The summed E-state index contributed by atoms with van der Waals surface area (Å²) in [5.41, 5.74) is 8.44. The third kappa shape index (κ3) is 4.36. The Balaban J connectivity index is 1.29. The molecule has 4 N–H and O–H groups in total. The van der Waals surface area contributed by atoms with E-state index in [0.29, 0.717) is 12.4 Å². The standard InChI is InChI=1S/C19H21N7O/c27-18(16-11-15(23-24-16)14-7-4-10-20-12-14)22-19-21-17(25-26-19)9-8-13-5-2-1-3-6-13/h1-7,10,12,15-16,23-24H,8-9,11H2,(H2,21,22,25,26,27). The molecule has 1 amide bonds. The molecular formula is C19H21N7O. The van der Waals surface area contributed by atoms with Crippen LogP contribution in [0.4, 0.5) is 5.95 Å². The second-order valence-electron chi connectivity index (χ2n) is 6.50. The predicted octanol–water partition coefficient (Wildman–Crippen LogP) is 1.53. The van der Waals surface area contributed by atoms with Crippen LogP contribution in [0.5, 0.6) is 0 Å². The zero-order chi connectivity index (χ0) is 18.5. The van der Waals surface area contributed by atoms with Crippen LogP contribution < -0.4 is 16.2 Å². The molecule has 0 spiro atoms. The topological polar surface area (TPSA) is 108 Å². The first-order valence-corrected chi connectivity index (χ1v) is 8.95. The molecule has 8 nitrogen and oxygen atoms in total. The van der Waals surface area contributed by atoms with Crippen LogP contribution in [0.1, 0.15) is 29.4 Å². The molecule has 1 aliphatic rings. The Morgan fingerprint density at radius 1 is 1.11 bits per heavy atom. The number of hydrazine groups is 1. The van der Waals surface area contributed by atoms with E-state index in [1.807, 2.05) is 30.3 Å². The fraction of sp³-hybridized carbons (Fsp3) is 0.263. The van der Waals surface area contributed by atoms with Crippen molar-refractivity contribution in [3.63, 3.8) is 0 Å². The van der Waals surface area contributed by atoms with E-state index in [-0.39, 0.29) is 18.0 Å². The number of benzene rings is 1. The normalized spacial score (nSPS) is 19.1. The first-order valence-electron chi connectivity index (χ1n) is 8.95. The highest BCUT2D eigenvalue weighted by Crippen LogP contribution is 2.21. The van der Waals surface area contributed by atoms with Gasteiger partial charge in [0.05, 0.1) is 0 Å². The molecule has 1 saturated heterocycles. The van der Waals surface area contributed by atoms with Crippen LogP contribution in [0, 0.1) is 0 Å². The minimum absolute atomic E-state index is 0.0445. The van der Waals surface area contributed by atoms with Gasteiger partial charge in [-0.05, 0) is 30.0 Å². The predicted molar refractivity (Wildman–Crippen MR) is 101 cm³/mol. The van der Waals surface area contributed by atoms with Gasteiger partial charge in [0.25, 0.3) is 0 Å². The van der Waals surface area contributed by atoms with Gasteiger partial charge in [-0.1, -0.05) is 36.4 Å². The minimum Gasteiger partial charge on any atom is -0.292 e. The van der Waals surface area contributed by atoms with Gasteiger partial charge in [0.15, 0.2) is 0 Å². The molecule has 0 aliphatic carbocycles. The second kappa shape index (κ2) is 8.07. The third-order valence-corrected chi connectivity index (χ3v) is 4.57. The number of aromatic amines is 1. The van der Waals surface area contributed by atoms with Crippen molar-refractivity contribution < 1.29 is 4.79 Å². The summed E-state index contributed by atoms with van der Waals surface area (Å²) in [6, 6.07) is 13.7. The Hall–Kier alpha value is -3.10. The number of nitrogens with zero attached hydrogens (tertiary/aromatic N) is 3. The lowest BCUT2D eigenvalue weighted by Crippen LogP contribution is -2.39. The molecular weight excluding hydrogens is 342 g/mol. The largest absolute Gasteiger partial charge is 0.292 e. The van der Waals surface area contributed by atoms with E-state index in [0.717, 1.165) is 24.2 Å². The Bertz CT molecular complexity index is 881. The van der Waals surface area contributed by atoms with E-state index in [1.165, 1.54) is 5.56 Å². The monoisotopic (exact) mass is 363 g/mol. The minimum atomic E-state index is -0.360. The average molecular weight is 363 g/mol. The third-order valence-electron chi connectivity index (χ3n) is 4.57. The molecule has 138 valence electrons. The van der Waals surface area contributed by atoms with E-state index in [2.05, 4.69) is 48.5 Å². The Labute approximate surface area is 156 Å². The lowest BCUT2D eigenvalue weighted by Gasteiger charge is -2.08. The van der Waals surface area contributed by atoms with Gasteiger partial charge in [0.2, 0.25) is 11.9 Å². The van der Waals surface area contributed by atoms with E-state index in [1.54, 1.807) is 12.4 Å². The number of hydrogen-bond acceptors (Lipinski definition) is 6. The summed E-state index contributed by atoms with van der Waals surface area (Å²) < 4.78 is 0. The highest BCUT2D eigenvalue weighted by atomic mass is 16.2. The fourth-order valence-electron chi connectivity index (χ4n) is 3.10. The van der Waals surface area contributed by atoms with Gasteiger partial charge in [0.1, 0.15) is 11.9 Å². The van der Waals surface area contributed by atoms with E-state index in [9.17, 15) is 4.79 Å². The first kappa shape index (κ1) is 17.3. The molecule has 0 bridgehead atoms. The van der Waals surface area contributed by atoms with Crippen LogP contribution >= 0.6 is 0 Å². The van der Waals surface area contributed by atoms with Gasteiger partial charge >= 0.3 is 0 Å². The van der Waals surface area contributed by atoms with Crippen LogP contribution in [0.2, 0.25) is 0 Å². The number of hydrogen-bond donors (Lipinski definition) is 4. The number of aryl methyl sites for hydroxylation is 2. The molecule has 3 heterocycles. The highest BCUT2D eigenvalue weighted by molar-refractivity contribution is 5.93. The molecule has 4 rings (SSSR count). The second-order valence-corrected chi connectivity index (χ2v) is 6.50. The molecule has 1 aliphatic heterocycles. The summed E-state index contributed by atoms with van der Waals surface area (Å²) in [6.07, 6.45) is 5.76. The van der Waals surface area contributed by atoms with E-state index >= 15 is 0 Å². The number of pyridine rings is 1. The summed E-state index contributed by atoms with van der Waals surface area (Å²) in [7, 11) is 0. The van der Waals surface area contributed by atoms with Crippen LogP contribution in [0.25, 0.3) is 0 Å². The SMILES string of the molecule is O=C(Nc1n[nH]c(CCc2ccccc2)n1)C1CC(c2cccnc2)NN1. The van der Waals surface area contributed by atoms with Crippen LogP contribution in [0.15, 0.2) is 54.9 Å². The molecule has 27 heavy (non-hydrogen) atoms. The van der Waals surface area contributed by atoms with Crippen molar-refractivity contribution >= 4 is 11.9 Å². The van der Waals surface area contributed by atoms with Crippen LogP contribution in [-0.4, -0.2) is 32.1 Å². The van der Waals surface area contributed by atoms with Gasteiger partial charge in [0, 0.05) is 24.9 Å². The van der Waals surface area contributed by atoms with Gasteiger partial charge in [-0.3, -0.25) is 20.2 Å². The van der Waals surface area contributed by atoms with Gasteiger partial charge in [-0.2, -0.15) is 4.98 Å². The summed E-state index contributed by atoms with van der Waals surface area (Å²) in [4.78, 5) is 20.9. The quantitative estimate of drug-likeness (QED) is 0.529. The molecule has 3 aromatic rings. The van der Waals surface area contributed by atoms with Crippen molar-refractivity contribution in [1.29, 1.82) is 0 Å². The number of amides is 1. The van der Waals surface area contributed by atoms with Crippen molar-refractivity contribution in [2.45, 2.75) is 31.3 Å². The molecule has 2 aromatic heterocycles. The van der Waals surface area contributed by atoms with Gasteiger partial charge in [-0.15, -0.1) is 5.10 Å². The number of nitrogens with one attached hydrogen (secondary N) is 4. The maximum absolute atomic E-state index is 12.5. The Morgan fingerprint density at radius 2 is 2.00 bits per heavy atom. The van der Waals surface area contributed by atoms with Crippen molar-refractivity contribution in [1.82, 2.24) is 31.0 Å². The first-order chi connectivity index (χ1) is 13.3. The molecule has 1 fully saturated rings. The number of rotatable bonds is 6. The summed E-state index contributed by atoms with van der Waals surface area (Å²) in [6.45, 7) is 0. The zero-order valence-electron chi connectivity index (χ0n) is 14.7. The lowest BCUT2D eigenvalue weighted by atomic mass is 10.0. The van der Waals surface area contributed by atoms with E-state index < -0.39 is 0 Å². The fourth-order valence-corrected chi connectivity index (χ4v) is 3.10. The smallest absolute Gasteiger partial charge is 0.248 e. The lowest BCUT2D eigenvalue weighted by molar-refractivity contribution is -0.117. The molecule has 0 saturated carbocycles. The van der Waals surface area contributed by atoms with Crippen LogP contribution in [0.3, 0.4) is 0 Å². The van der Waals surface area contributed by atoms with Crippen molar-refractivity contribution in [3.05, 3.63) is 71.8 Å². The van der Waals surface area contributed by atoms with Crippen molar-refractivity contribution in [2.24, 2.45) is 0 Å². The van der Waals surface area contributed by atoms with Crippen LogP contribution in [-0.2, 0) is 17.6 Å². The molecule has 0 radical (unpaired) electrons. The molecule has 1 aromatic carbocycles. The Kier molecular flexibility index (Phi) is 5.17. The molecule has 8 heteroatoms. The number of H-pyrrole nitrogens is 1.